The summed E-state index contributed by atoms with van der Waals surface area (Å²) in [6.07, 6.45) is 3.98. The zero-order chi connectivity index (χ0) is 14.1. The summed E-state index contributed by atoms with van der Waals surface area (Å²) in [5, 5.41) is 6.36. The van der Waals surface area contributed by atoms with E-state index in [0.717, 1.165) is 6.54 Å². The van der Waals surface area contributed by atoms with Gasteiger partial charge in [-0.1, -0.05) is 42.8 Å². The number of rotatable bonds is 2. The molecule has 2 aliphatic heterocycles. The monoisotopic (exact) mass is 298 g/mol. The largest absolute Gasteiger partial charge is 0.292 e. The van der Waals surface area contributed by atoms with E-state index < -0.39 is 0 Å². The number of hydrogen-bond acceptors (Lipinski definition) is 3. The van der Waals surface area contributed by atoms with E-state index in [0.29, 0.717) is 11.5 Å². The molecule has 2 aromatic carbocycles. The highest BCUT2D eigenvalue weighted by Crippen LogP contribution is 2.36. The molecule has 2 fully saturated rings. The first-order chi connectivity index (χ1) is 10.4. The van der Waals surface area contributed by atoms with Crippen molar-refractivity contribution >= 4 is 22.5 Å². The van der Waals surface area contributed by atoms with Gasteiger partial charge in [0.25, 0.3) is 0 Å². The Morgan fingerprint density at radius 3 is 2.81 bits per heavy atom. The summed E-state index contributed by atoms with van der Waals surface area (Å²) >= 11 is 2.07. The molecule has 110 valence electrons. The van der Waals surface area contributed by atoms with E-state index >= 15 is 0 Å². The molecule has 2 unspecified atom stereocenters. The molecule has 2 nitrogen and oxygen atoms in total. The predicted molar refractivity (Wildman–Crippen MR) is 91.5 cm³/mol. The Bertz CT molecular complexity index is 621. The molecule has 3 heteroatoms. The predicted octanol–water partition coefficient (Wildman–Crippen LogP) is 3.99. The van der Waals surface area contributed by atoms with Crippen LogP contribution >= 0.6 is 11.8 Å². The van der Waals surface area contributed by atoms with E-state index in [4.69, 9.17) is 0 Å². The van der Waals surface area contributed by atoms with Gasteiger partial charge in [0.15, 0.2) is 0 Å². The van der Waals surface area contributed by atoms with Gasteiger partial charge in [0.05, 0.1) is 0 Å². The van der Waals surface area contributed by atoms with Crippen LogP contribution in [0.2, 0.25) is 0 Å². The van der Waals surface area contributed by atoms with E-state index in [1.165, 1.54) is 47.9 Å². The van der Waals surface area contributed by atoms with Crippen molar-refractivity contribution in [1.82, 2.24) is 10.2 Å². The van der Waals surface area contributed by atoms with Gasteiger partial charge in [-0.15, -0.1) is 11.8 Å². The van der Waals surface area contributed by atoms with Crippen LogP contribution in [0, 0.1) is 0 Å². The van der Waals surface area contributed by atoms with E-state index in [1.54, 1.807) is 0 Å². The summed E-state index contributed by atoms with van der Waals surface area (Å²) < 4.78 is 0. The molecule has 0 amide bonds. The Balaban J connectivity index is 1.67. The Kier molecular flexibility index (Phi) is 3.89. The van der Waals surface area contributed by atoms with Gasteiger partial charge in [0, 0.05) is 24.9 Å². The lowest BCUT2D eigenvalue weighted by Crippen LogP contribution is -2.44. The minimum Gasteiger partial charge on any atom is -0.292 e. The molecular formula is C18H22N2S. The number of nitrogens with one attached hydrogen (secondary N) is 1. The second kappa shape index (κ2) is 5.99. The van der Waals surface area contributed by atoms with Crippen LogP contribution in [0.15, 0.2) is 42.5 Å². The molecule has 0 bridgehead atoms. The molecule has 0 radical (unpaired) electrons. The number of thioether (sulfide) groups is 1. The normalized spacial score (nSPS) is 27.2. The third-order valence-corrected chi connectivity index (χ3v) is 5.89. The fourth-order valence-corrected chi connectivity index (χ4v) is 4.77. The quantitative estimate of drug-likeness (QED) is 0.902. The van der Waals surface area contributed by atoms with Gasteiger partial charge in [-0.05, 0) is 35.2 Å². The number of nitrogens with zero attached hydrogens (tertiary/aromatic N) is 1. The average Bonchev–Trinajstić information content (AvgIpc) is 3.09. The van der Waals surface area contributed by atoms with Crippen LogP contribution in [-0.4, -0.2) is 29.2 Å². The summed E-state index contributed by atoms with van der Waals surface area (Å²) in [6.45, 7) is 2.37. The number of piperidine rings is 1. The lowest BCUT2D eigenvalue weighted by Gasteiger charge is -2.39. The van der Waals surface area contributed by atoms with Gasteiger partial charge in [0.1, 0.15) is 5.50 Å². The highest BCUT2D eigenvalue weighted by molar-refractivity contribution is 8.00. The fourth-order valence-electron chi connectivity index (χ4n) is 3.63. The van der Waals surface area contributed by atoms with Gasteiger partial charge >= 0.3 is 0 Å². The maximum absolute atomic E-state index is 3.65. The van der Waals surface area contributed by atoms with Crippen molar-refractivity contribution in [3.8, 4) is 0 Å². The zero-order valence-corrected chi connectivity index (χ0v) is 13.1. The highest BCUT2D eigenvalue weighted by atomic mass is 32.2. The van der Waals surface area contributed by atoms with Gasteiger partial charge in [-0.2, -0.15) is 0 Å². The van der Waals surface area contributed by atoms with E-state index in [-0.39, 0.29) is 0 Å². The lowest BCUT2D eigenvalue weighted by atomic mass is 9.94. The number of hydrogen-bond donors (Lipinski definition) is 1. The van der Waals surface area contributed by atoms with Crippen molar-refractivity contribution in [2.45, 2.75) is 30.8 Å². The molecule has 2 aliphatic rings. The maximum atomic E-state index is 3.65. The Morgan fingerprint density at radius 2 is 1.95 bits per heavy atom. The van der Waals surface area contributed by atoms with Crippen molar-refractivity contribution in [1.29, 1.82) is 0 Å². The van der Waals surface area contributed by atoms with Gasteiger partial charge in [-0.3, -0.25) is 10.2 Å². The SMILES string of the molecule is c1ccc2cc(C3CCCCN3C3NCCS3)ccc2c1. The van der Waals surface area contributed by atoms with Crippen molar-refractivity contribution in [2.24, 2.45) is 0 Å². The first-order valence-corrected chi connectivity index (χ1v) is 9.06. The van der Waals surface area contributed by atoms with Crippen molar-refractivity contribution < 1.29 is 0 Å². The Labute approximate surface area is 130 Å². The molecule has 2 atom stereocenters. The first kappa shape index (κ1) is 13.6. The molecule has 0 saturated carbocycles. The molecule has 2 heterocycles. The molecular weight excluding hydrogens is 276 g/mol. The molecule has 0 aliphatic carbocycles. The van der Waals surface area contributed by atoms with Gasteiger partial charge in [0.2, 0.25) is 0 Å². The molecule has 1 N–H and O–H groups in total. The smallest absolute Gasteiger partial charge is 0.109 e. The van der Waals surface area contributed by atoms with Crippen LogP contribution in [0.1, 0.15) is 30.9 Å². The number of fused-ring (bicyclic) bond motifs is 1. The minimum absolute atomic E-state index is 0.516. The van der Waals surface area contributed by atoms with Crippen molar-refractivity contribution in [2.75, 3.05) is 18.8 Å². The molecule has 0 spiro atoms. The number of benzene rings is 2. The third-order valence-electron chi connectivity index (χ3n) is 4.70. The Morgan fingerprint density at radius 1 is 1.05 bits per heavy atom. The van der Waals surface area contributed by atoms with Gasteiger partial charge < -0.3 is 0 Å². The fraction of sp³-hybridized carbons (Fsp3) is 0.444. The van der Waals surface area contributed by atoms with E-state index in [2.05, 4.69) is 64.4 Å². The van der Waals surface area contributed by atoms with Crippen LogP contribution in [-0.2, 0) is 0 Å². The second-order valence-corrected chi connectivity index (χ2v) is 7.22. The Hall–Kier alpha value is -1.03. The maximum Gasteiger partial charge on any atom is 0.109 e. The third kappa shape index (κ3) is 2.70. The minimum atomic E-state index is 0.516. The molecule has 4 rings (SSSR count). The van der Waals surface area contributed by atoms with Crippen LogP contribution < -0.4 is 5.32 Å². The van der Waals surface area contributed by atoms with Crippen molar-refractivity contribution in [3.05, 3.63) is 48.0 Å². The molecule has 21 heavy (non-hydrogen) atoms. The molecule has 2 aromatic rings. The van der Waals surface area contributed by atoms with E-state index in [1.807, 2.05) is 0 Å². The number of likely N-dealkylation sites (tertiary alicyclic amines) is 1. The topological polar surface area (TPSA) is 15.3 Å². The standard InChI is InChI=1S/C18H22N2S/c1-2-6-15-13-16(9-8-14(15)5-1)17-7-3-4-11-20(17)18-19-10-12-21-18/h1-2,5-6,8-9,13,17-19H,3-4,7,10-12H2. The summed E-state index contributed by atoms with van der Waals surface area (Å²) in [6, 6.07) is 16.3. The van der Waals surface area contributed by atoms with Crippen LogP contribution in [0.5, 0.6) is 0 Å². The molecule has 0 aromatic heterocycles. The summed E-state index contributed by atoms with van der Waals surface area (Å²) in [4.78, 5) is 2.69. The van der Waals surface area contributed by atoms with Crippen LogP contribution in [0.3, 0.4) is 0 Å². The average molecular weight is 298 g/mol. The van der Waals surface area contributed by atoms with Crippen LogP contribution in [0.4, 0.5) is 0 Å². The van der Waals surface area contributed by atoms with Crippen molar-refractivity contribution in [3.63, 3.8) is 0 Å². The molecule has 2 saturated heterocycles. The summed E-state index contributed by atoms with van der Waals surface area (Å²) in [5.74, 6) is 1.24. The summed E-state index contributed by atoms with van der Waals surface area (Å²) in [7, 11) is 0. The second-order valence-electron chi connectivity index (χ2n) is 6.03. The van der Waals surface area contributed by atoms with Crippen LogP contribution in [0.25, 0.3) is 10.8 Å². The summed E-state index contributed by atoms with van der Waals surface area (Å²) in [5.41, 5.74) is 2.00. The zero-order valence-electron chi connectivity index (χ0n) is 12.3. The lowest BCUT2D eigenvalue weighted by molar-refractivity contribution is 0.124. The first-order valence-electron chi connectivity index (χ1n) is 8.01. The van der Waals surface area contributed by atoms with E-state index in [9.17, 15) is 0 Å². The highest BCUT2D eigenvalue weighted by Gasteiger charge is 2.31. The van der Waals surface area contributed by atoms with Gasteiger partial charge in [-0.25, -0.2) is 0 Å².